The molecule has 2 heteroatoms. The number of anilines is 1. The van der Waals surface area contributed by atoms with Crippen molar-refractivity contribution >= 4 is 16.6 Å². The molecule has 0 saturated heterocycles. The predicted octanol–water partition coefficient (Wildman–Crippen LogP) is 3.94. The van der Waals surface area contributed by atoms with Crippen LogP contribution < -0.4 is 5.32 Å². The molecule has 0 spiro atoms. The van der Waals surface area contributed by atoms with Crippen LogP contribution in [-0.2, 0) is 0 Å². The number of rotatable bonds is 2. The van der Waals surface area contributed by atoms with Gasteiger partial charge in [-0.05, 0) is 35.4 Å². The third-order valence-electron chi connectivity index (χ3n) is 3.11. The van der Waals surface area contributed by atoms with E-state index in [4.69, 9.17) is 0 Å². The van der Waals surface area contributed by atoms with Crippen LogP contribution in [0.15, 0.2) is 60.8 Å². The minimum atomic E-state index is 1.03. The van der Waals surface area contributed by atoms with E-state index < -0.39 is 0 Å². The average Bonchev–Trinajstić information content (AvgIpc) is 2.47. The molecule has 0 saturated carbocycles. The van der Waals surface area contributed by atoms with Crippen molar-refractivity contribution in [3.8, 4) is 11.1 Å². The highest BCUT2D eigenvalue weighted by Gasteiger charge is 2.00. The van der Waals surface area contributed by atoms with E-state index in [1.165, 1.54) is 16.5 Å². The van der Waals surface area contributed by atoms with Gasteiger partial charge in [-0.25, -0.2) is 0 Å². The zero-order valence-corrected chi connectivity index (χ0v) is 10.2. The van der Waals surface area contributed by atoms with Crippen molar-refractivity contribution in [2.45, 2.75) is 0 Å². The molecule has 0 aliphatic carbocycles. The number of nitrogens with zero attached hydrogens (tertiary/aromatic N) is 1. The minimum absolute atomic E-state index is 1.03. The normalized spacial score (nSPS) is 10.5. The van der Waals surface area contributed by atoms with Gasteiger partial charge in [0.2, 0.25) is 0 Å². The second-order valence-electron chi connectivity index (χ2n) is 4.24. The Morgan fingerprint density at radius 1 is 0.889 bits per heavy atom. The summed E-state index contributed by atoms with van der Waals surface area (Å²) in [6.45, 7) is 0. The summed E-state index contributed by atoms with van der Waals surface area (Å²) < 4.78 is 0. The molecule has 0 aliphatic heterocycles. The van der Waals surface area contributed by atoms with Gasteiger partial charge < -0.3 is 5.32 Å². The van der Waals surface area contributed by atoms with Gasteiger partial charge >= 0.3 is 0 Å². The Labute approximate surface area is 106 Å². The molecule has 3 aromatic rings. The summed E-state index contributed by atoms with van der Waals surface area (Å²) in [7, 11) is 1.93. The molecule has 0 amide bonds. The van der Waals surface area contributed by atoms with Crippen LogP contribution in [0.2, 0.25) is 0 Å². The highest BCUT2D eigenvalue weighted by molar-refractivity contribution is 5.84. The standard InChI is InChI=1S/C16H14N2/c1-17-15-8-6-12(7-9-15)14-5-4-13-3-2-10-18-16(13)11-14/h2-11,17H,1H3. The number of fused-ring (bicyclic) bond motifs is 1. The third kappa shape index (κ3) is 1.93. The van der Waals surface area contributed by atoms with Gasteiger partial charge in [0, 0.05) is 24.3 Å². The van der Waals surface area contributed by atoms with Crippen molar-refractivity contribution in [2.75, 3.05) is 12.4 Å². The van der Waals surface area contributed by atoms with Gasteiger partial charge in [0.1, 0.15) is 0 Å². The van der Waals surface area contributed by atoms with E-state index in [0.717, 1.165) is 11.2 Å². The smallest absolute Gasteiger partial charge is 0.0708 e. The summed E-state index contributed by atoms with van der Waals surface area (Å²) in [5.41, 5.74) is 4.57. The van der Waals surface area contributed by atoms with E-state index in [9.17, 15) is 0 Å². The molecule has 0 radical (unpaired) electrons. The molecule has 0 atom stereocenters. The molecule has 1 aromatic heterocycles. The fraction of sp³-hybridized carbons (Fsp3) is 0.0625. The largest absolute Gasteiger partial charge is 0.388 e. The second-order valence-corrected chi connectivity index (χ2v) is 4.24. The highest BCUT2D eigenvalue weighted by Crippen LogP contribution is 2.24. The van der Waals surface area contributed by atoms with E-state index in [-0.39, 0.29) is 0 Å². The first kappa shape index (κ1) is 10.8. The summed E-state index contributed by atoms with van der Waals surface area (Å²) >= 11 is 0. The van der Waals surface area contributed by atoms with Gasteiger partial charge in [0.05, 0.1) is 5.52 Å². The van der Waals surface area contributed by atoms with E-state index in [0.29, 0.717) is 0 Å². The topological polar surface area (TPSA) is 24.9 Å². The zero-order chi connectivity index (χ0) is 12.4. The van der Waals surface area contributed by atoms with Gasteiger partial charge in [-0.2, -0.15) is 0 Å². The van der Waals surface area contributed by atoms with E-state index in [1.807, 2.05) is 19.3 Å². The Bertz CT molecular complexity index is 672. The summed E-state index contributed by atoms with van der Waals surface area (Å²) in [5, 5.41) is 4.30. The number of hydrogen-bond donors (Lipinski definition) is 1. The maximum atomic E-state index is 4.39. The van der Waals surface area contributed by atoms with Crippen molar-refractivity contribution in [3.05, 3.63) is 60.8 Å². The Morgan fingerprint density at radius 3 is 2.44 bits per heavy atom. The Kier molecular flexibility index (Phi) is 2.69. The predicted molar refractivity (Wildman–Crippen MR) is 76.7 cm³/mol. The number of aromatic nitrogens is 1. The first-order valence-corrected chi connectivity index (χ1v) is 6.00. The fourth-order valence-electron chi connectivity index (χ4n) is 2.08. The minimum Gasteiger partial charge on any atom is -0.388 e. The maximum absolute atomic E-state index is 4.39. The first-order chi connectivity index (χ1) is 8.86. The lowest BCUT2D eigenvalue weighted by molar-refractivity contribution is 1.41. The molecule has 2 nitrogen and oxygen atoms in total. The van der Waals surface area contributed by atoms with Crippen molar-refractivity contribution in [1.29, 1.82) is 0 Å². The zero-order valence-electron chi connectivity index (χ0n) is 10.2. The van der Waals surface area contributed by atoms with Gasteiger partial charge in [0.15, 0.2) is 0 Å². The number of benzene rings is 2. The molecule has 0 bridgehead atoms. The third-order valence-corrected chi connectivity index (χ3v) is 3.11. The Hall–Kier alpha value is -2.35. The maximum Gasteiger partial charge on any atom is 0.0708 e. The summed E-state index contributed by atoms with van der Waals surface area (Å²) in [4.78, 5) is 4.39. The summed E-state index contributed by atoms with van der Waals surface area (Å²) in [6.07, 6.45) is 1.83. The Balaban J connectivity index is 2.07. The molecule has 3 rings (SSSR count). The molecule has 0 fully saturated rings. The summed E-state index contributed by atoms with van der Waals surface area (Å²) in [5.74, 6) is 0. The molecule has 0 aliphatic rings. The molecule has 0 unspecified atom stereocenters. The molecule has 2 aromatic carbocycles. The van der Waals surface area contributed by atoms with E-state index in [2.05, 4.69) is 58.8 Å². The molecule has 18 heavy (non-hydrogen) atoms. The quantitative estimate of drug-likeness (QED) is 0.726. The lowest BCUT2D eigenvalue weighted by atomic mass is 10.0. The fourth-order valence-corrected chi connectivity index (χ4v) is 2.08. The molecule has 88 valence electrons. The van der Waals surface area contributed by atoms with Crippen molar-refractivity contribution in [1.82, 2.24) is 4.98 Å². The van der Waals surface area contributed by atoms with Crippen LogP contribution in [0.5, 0.6) is 0 Å². The van der Waals surface area contributed by atoms with Crippen LogP contribution in [0.4, 0.5) is 5.69 Å². The van der Waals surface area contributed by atoms with Gasteiger partial charge in [0.25, 0.3) is 0 Å². The second kappa shape index (κ2) is 4.49. The van der Waals surface area contributed by atoms with Crippen LogP contribution in [0.1, 0.15) is 0 Å². The van der Waals surface area contributed by atoms with Gasteiger partial charge in [-0.1, -0.05) is 30.3 Å². The lowest BCUT2D eigenvalue weighted by Crippen LogP contribution is -1.87. The molecule has 1 heterocycles. The number of pyridine rings is 1. The first-order valence-electron chi connectivity index (χ1n) is 6.00. The number of hydrogen-bond acceptors (Lipinski definition) is 2. The van der Waals surface area contributed by atoms with Crippen molar-refractivity contribution in [3.63, 3.8) is 0 Å². The van der Waals surface area contributed by atoms with Crippen LogP contribution >= 0.6 is 0 Å². The van der Waals surface area contributed by atoms with Crippen LogP contribution in [-0.4, -0.2) is 12.0 Å². The van der Waals surface area contributed by atoms with E-state index >= 15 is 0 Å². The van der Waals surface area contributed by atoms with Gasteiger partial charge in [-0.15, -0.1) is 0 Å². The van der Waals surface area contributed by atoms with Crippen LogP contribution in [0.3, 0.4) is 0 Å². The van der Waals surface area contributed by atoms with Crippen molar-refractivity contribution in [2.24, 2.45) is 0 Å². The summed E-state index contributed by atoms with van der Waals surface area (Å²) in [6, 6.07) is 18.8. The highest BCUT2D eigenvalue weighted by atomic mass is 14.8. The monoisotopic (exact) mass is 234 g/mol. The molecular formula is C16H14N2. The number of nitrogens with one attached hydrogen (secondary N) is 1. The molecule has 1 N–H and O–H groups in total. The molecular weight excluding hydrogens is 220 g/mol. The average molecular weight is 234 g/mol. The Morgan fingerprint density at radius 2 is 1.67 bits per heavy atom. The van der Waals surface area contributed by atoms with Crippen molar-refractivity contribution < 1.29 is 0 Å². The lowest BCUT2D eigenvalue weighted by Gasteiger charge is -2.05. The van der Waals surface area contributed by atoms with Crippen LogP contribution in [0, 0.1) is 0 Å². The van der Waals surface area contributed by atoms with E-state index in [1.54, 1.807) is 0 Å². The SMILES string of the molecule is CNc1ccc(-c2ccc3cccnc3c2)cc1. The van der Waals surface area contributed by atoms with Crippen LogP contribution in [0.25, 0.3) is 22.0 Å². The van der Waals surface area contributed by atoms with Gasteiger partial charge in [-0.3, -0.25) is 4.98 Å².